The average molecular weight is 316 g/mol. The molecular weight excluding hydrogens is 303 g/mol. The van der Waals surface area contributed by atoms with Crippen LogP contribution in [-0.4, -0.2) is 21.9 Å². The van der Waals surface area contributed by atoms with E-state index in [0.717, 1.165) is 12.1 Å². The Morgan fingerprint density at radius 1 is 1.09 bits per heavy atom. The lowest BCUT2D eigenvalue weighted by Crippen LogP contribution is -2.09. The summed E-state index contributed by atoms with van der Waals surface area (Å²) in [4.78, 5) is 12.3. The van der Waals surface area contributed by atoms with E-state index in [-0.39, 0.29) is 35.5 Å². The van der Waals surface area contributed by atoms with Crippen LogP contribution < -0.4 is 5.63 Å². The van der Waals surface area contributed by atoms with Gasteiger partial charge in [0.25, 0.3) is 0 Å². The van der Waals surface area contributed by atoms with E-state index >= 15 is 0 Å². The van der Waals surface area contributed by atoms with E-state index in [1.54, 1.807) is 6.07 Å². The fourth-order valence-electron chi connectivity index (χ4n) is 2.61. The highest BCUT2D eigenvalue weighted by Crippen LogP contribution is 2.34. The van der Waals surface area contributed by atoms with Crippen molar-refractivity contribution in [3.63, 3.8) is 0 Å². The van der Waals surface area contributed by atoms with Gasteiger partial charge >= 0.3 is 5.63 Å². The molecule has 0 amide bonds. The first kappa shape index (κ1) is 15.1. The van der Waals surface area contributed by atoms with E-state index < -0.39 is 17.2 Å². The molecule has 0 radical (unpaired) electrons. The molecule has 0 fully saturated rings. The number of benzene rings is 2. The lowest BCUT2D eigenvalue weighted by atomic mass is 9.95. The number of hydrogen-bond acceptors (Lipinski definition) is 5. The molecule has 3 rings (SSSR count). The van der Waals surface area contributed by atoms with Crippen molar-refractivity contribution in [3.05, 3.63) is 58.2 Å². The molecule has 0 aliphatic rings. The second-order valence-electron chi connectivity index (χ2n) is 5.06. The molecule has 0 bridgehead atoms. The van der Waals surface area contributed by atoms with Crippen molar-refractivity contribution in [3.8, 4) is 22.6 Å². The molecule has 6 heteroatoms. The molecule has 0 spiro atoms. The van der Waals surface area contributed by atoms with Gasteiger partial charge in [-0.25, -0.2) is 9.18 Å². The molecule has 0 aliphatic carbocycles. The molecule has 23 heavy (non-hydrogen) atoms. The minimum atomic E-state index is -0.742. The number of halogens is 1. The van der Waals surface area contributed by atoms with Crippen molar-refractivity contribution in [1.82, 2.24) is 0 Å². The van der Waals surface area contributed by atoms with Gasteiger partial charge < -0.3 is 19.7 Å². The first-order valence-electron chi connectivity index (χ1n) is 6.89. The van der Waals surface area contributed by atoms with Gasteiger partial charge in [0.2, 0.25) is 0 Å². The number of rotatable bonds is 3. The largest absolute Gasteiger partial charge is 0.508 e. The summed E-state index contributed by atoms with van der Waals surface area (Å²) in [6, 6.07) is 7.59. The molecule has 1 heterocycles. The van der Waals surface area contributed by atoms with Crippen LogP contribution in [0.4, 0.5) is 4.39 Å². The molecule has 0 aliphatic heterocycles. The SMILES string of the molecule is O=c1oc2cc(O)ccc2c(CCO)c1-c1ccc(F)cc1O. The summed E-state index contributed by atoms with van der Waals surface area (Å²) in [6.45, 7) is -0.228. The van der Waals surface area contributed by atoms with Crippen molar-refractivity contribution >= 4 is 11.0 Å². The van der Waals surface area contributed by atoms with E-state index in [0.29, 0.717) is 10.9 Å². The Labute approximate surface area is 129 Å². The lowest BCUT2D eigenvalue weighted by molar-refractivity contribution is 0.300. The van der Waals surface area contributed by atoms with Gasteiger partial charge in [-0.05, 0) is 36.2 Å². The quantitative estimate of drug-likeness (QED) is 0.646. The van der Waals surface area contributed by atoms with Crippen molar-refractivity contribution in [2.45, 2.75) is 6.42 Å². The molecule has 1 aromatic heterocycles. The van der Waals surface area contributed by atoms with Gasteiger partial charge in [0.1, 0.15) is 22.9 Å². The van der Waals surface area contributed by atoms with Gasteiger partial charge in [0.05, 0.1) is 5.56 Å². The lowest BCUT2D eigenvalue weighted by Gasteiger charge is -2.12. The van der Waals surface area contributed by atoms with Gasteiger partial charge in [-0.15, -0.1) is 0 Å². The predicted molar refractivity (Wildman–Crippen MR) is 82.0 cm³/mol. The van der Waals surface area contributed by atoms with Crippen molar-refractivity contribution in [2.24, 2.45) is 0 Å². The first-order chi connectivity index (χ1) is 11.0. The predicted octanol–water partition coefficient (Wildman–Crippen LogP) is 2.55. The maximum absolute atomic E-state index is 13.2. The van der Waals surface area contributed by atoms with Crippen LogP contribution in [0, 0.1) is 5.82 Å². The molecule has 0 atom stereocenters. The van der Waals surface area contributed by atoms with Crippen molar-refractivity contribution < 1.29 is 24.1 Å². The number of phenolic OH excluding ortho intramolecular Hbond substituents is 2. The highest BCUT2D eigenvalue weighted by molar-refractivity contribution is 5.88. The Balaban J connectivity index is 2.39. The summed E-state index contributed by atoms with van der Waals surface area (Å²) >= 11 is 0. The highest BCUT2D eigenvalue weighted by atomic mass is 19.1. The van der Waals surface area contributed by atoms with Crippen molar-refractivity contribution in [2.75, 3.05) is 6.61 Å². The van der Waals surface area contributed by atoms with Crippen LogP contribution in [0.3, 0.4) is 0 Å². The first-order valence-corrected chi connectivity index (χ1v) is 6.89. The second-order valence-corrected chi connectivity index (χ2v) is 5.06. The van der Waals surface area contributed by atoms with Gasteiger partial charge in [-0.2, -0.15) is 0 Å². The Kier molecular flexibility index (Phi) is 3.75. The molecule has 0 saturated carbocycles. The van der Waals surface area contributed by atoms with Gasteiger partial charge in [-0.1, -0.05) is 0 Å². The molecule has 3 N–H and O–H groups in total. The second kappa shape index (κ2) is 5.73. The number of fused-ring (bicyclic) bond motifs is 1. The maximum Gasteiger partial charge on any atom is 0.344 e. The highest BCUT2D eigenvalue weighted by Gasteiger charge is 2.19. The maximum atomic E-state index is 13.2. The Morgan fingerprint density at radius 2 is 1.87 bits per heavy atom. The molecule has 0 unspecified atom stereocenters. The average Bonchev–Trinajstić information content (AvgIpc) is 2.48. The van der Waals surface area contributed by atoms with E-state index in [4.69, 9.17) is 4.42 Å². The van der Waals surface area contributed by atoms with Crippen LogP contribution in [0.1, 0.15) is 5.56 Å². The third kappa shape index (κ3) is 2.64. The Bertz CT molecular complexity index is 946. The Morgan fingerprint density at radius 3 is 2.57 bits per heavy atom. The van der Waals surface area contributed by atoms with Crippen molar-refractivity contribution in [1.29, 1.82) is 0 Å². The number of aliphatic hydroxyl groups excluding tert-OH is 1. The van der Waals surface area contributed by atoms with Gasteiger partial charge in [-0.3, -0.25) is 0 Å². The van der Waals surface area contributed by atoms with E-state index in [2.05, 4.69) is 0 Å². The Hall–Kier alpha value is -2.86. The van der Waals surface area contributed by atoms with E-state index in [1.165, 1.54) is 18.2 Å². The zero-order chi connectivity index (χ0) is 16.6. The number of aliphatic hydroxyl groups is 1. The van der Waals surface area contributed by atoms with Crippen LogP contribution in [0.15, 0.2) is 45.6 Å². The van der Waals surface area contributed by atoms with Crippen LogP contribution >= 0.6 is 0 Å². The molecule has 3 aromatic rings. The van der Waals surface area contributed by atoms with Crippen LogP contribution in [0.2, 0.25) is 0 Å². The standard InChI is InChI=1S/C17H13FO5/c18-9-1-3-13(14(21)7-9)16-12(5-6-19)11-4-2-10(20)8-15(11)23-17(16)22/h1-4,7-8,19-21H,5-6H2. The minimum absolute atomic E-state index is 0.0621. The number of phenols is 2. The fraction of sp³-hybridized carbons (Fsp3) is 0.118. The van der Waals surface area contributed by atoms with E-state index in [1.807, 2.05) is 0 Å². The number of aromatic hydroxyl groups is 2. The summed E-state index contributed by atoms with van der Waals surface area (Å²) in [5.41, 5.74) is 0.0752. The fourth-order valence-corrected chi connectivity index (χ4v) is 2.61. The summed E-state index contributed by atoms with van der Waals surface area (Å²) < 4.78 is 18.4. The topological polar surface area (TPSA) is 90.9 Å². The third-order valence-electron chi connectivity index (χ3n) is 3.59. The molecule has 5 nitrogen and oxygen atoms in total. The molecule has 0 saturated heterocycles. The molecule has 118 valence electrons. The minimum Gasteiger partial charge on any atom is -0.508 e. The van der Waals surface area contributed by atoms with E-state index in [9.17, 15) is 24.5 Å². The number of hydrogen-bond donors (Lipinski definition) is 3. The van der Waals surface area contributed by atoms with Crippen LogP contribution in [-0.2, 0) is 6.42 Å². The zero-order valence-corrected chi connectivity index (χ0v) is 11.9. The monoisotopic (exact) mass is 316 g/mol. The normalized spacial score (nSPS) is 11.0. The zero-order valence-electron chi connectivity index (χ0n) is 11.9. The molecule has 2 aromatic carbocycles. The van der Waals surface area contributed by atoms with Crippen LogP contribution in [0.5, 0.6) is 11.5 Å². The smallest absolute Gasteiger partial charge is 0.344 e. The van der Waals surface area contributed by atoms with Crippen LogP contribution in [0.25, 0.3) is 22.1 Å². The summed E-state index contributed by atoms with van der Waals surface area (Å²) in [6.07, 6.45) is 0.138. The summed E-state index contributed by atoms with van der Waals surface area (Å²) in [5, 5.41) is 29.3. The van der Waals surface area contributed by atoms with Gasteiger partial charge in [0, 0.05) is 29.7 Å². The summed E-state index contributed by atoms with van der Waals surface area (Å²) in [7, 11) is 0. The molecular formula is C17H13FO5. The third-order valence-corrected chi connectivity index (χ3v) is 3.59. The van der Waals surface area contributed by atoms with Gasteiger partial charge in [0.15, 0.2) is 0 Å². The summed E-state index contributed by atoms with van der Waals surface area (Å²) in [5.74, 6) is -1.09.